The van der Waals surface area contributed by atoms with E-state index in [4.69, 9.17) is 21.6 Å². The first kappa shape index (κ1) is 19.7. The minimum atomic E-state index is -0.250. The van der Waals surface area contributed by atoms with Crippen LogP contribution >= 0.6 is 11.6 Å². The van der Waals surface area contributed by atoms with Gasteiger partial charge in [0, 0.05) is 10.7 Å². The molecule has 1 saturated heterocycles. The van der Waals surface area contributed by atoms with Crippen LogP contribution in [-0.2, 0) is 4.79 Å². The van der Waals surface area contributed by atoms with Crippen molar-refractivity contribution in [2.75, 3.05) is 18.0 Å². The number of fused-ring (bicyclic) bond motifs is 1. The predicted molar refractivity (Wildman–Crippen MR) is 126 cm³/mol. The number of rotatable bonds is 3. The molecule has 2 aliphatic heterocycles. The zero-order valence-corrected chi connectivity index (χ0v) is 18.0. The Morgan fingerprint density at radius 1 is 0.839 bits per heavy atom. The van der Waals surface area contributed by atoms with E-state index in [9.17, 15) is 4.79 Å². The molecule has 3 aromatic carbocycles. The van der Waals surface area contributed by atoms with Crippen molar-refractivity contribution < 1.29 is 4.79 Å². The van der Waals surface area contributed by atoms with E-state index in [0.717, 1.165) is 28.1 Å². The van der Waals surface area contributed by atoms with E-state index in [2.05, 4.69) is 12.1 Å². The van der Waals surface area contributed by atoms with Crippen molar-refractivity contribution in [3.05, 3.63) is 101 Å². The fourth-order valence-electron chi connectivity index (χ4n) is 4.43. The molecular formula is C26H22ClN3O. The van der Waals surface area contributed by atoms with E-state index < -0.39 is 0 Å². The average Bonchev–Trinajstić information content (AvgIpc) is 2.94. The smallest absolute Gasteiger partial charge is 0.273 e. The summed E-state index contributed by atoms with van der Waals surface area (Å²) in [6.07, 6.45) is 0. The molecule has 2 atom stereocenters. The standard InChI is InChI=1S/C26H22ClN3O/c1-17-7-13-21(14-8-17)30-25(19-9-11-20(27)12-10-19)22-23(18-5-3-2-4-6-18)28-15-16-29-24(22)26(30)31/h2-14,22,25H,15-16H2,1H3. The highest BCUT2D eigenvalue weighted by Gasteiger charge is 2.49. The van der Waals surface area contributed by atoms with E-state index in [1.807, 2.05) is 78.6 Å². The van der Waals surface area contributed by atoms with Crippen molar-refractivity contribution in [2.45, 2.75) is 13.0 Å². The zero-order valence-electron chi connectivity index (χ0n) is 17.2. The summed E-state index contributed by atoms with van der Waals surface area (Å²) in [5.41, 5.74) is 5.55. The van der Waals surface area contributed by atoms with Gasteiger partial charge in [-0.1, -0.05) is 71.8 Å². The molecule has 0 spiro atoms. The van der Waals surface area contributed by atoms with E-state index >= 15 is 0 Å². The second kappa shape index (κ2) is 8.12. The molecule has 2 heterocycles. The van der Waals surface area contributed by atoms with Gasteiger partial charge in [-0.3, -0.25) is 19.7 Å². The van der Waals surface area contributed by atoms with Crippen LogP contribution in [0.2, 0.25) is 5.02 Å². The van der Waals surface area contributed by atoms with Gasteiger partial charge in [-0.15, -0.1) is 0 Å². The molecule has 0 N–H and O–H groups in total. The Bertz CT molecular complexity index is 1170. The van der Waals surface area contributed by atoms with Gasteiger partial charge >= 0.3 is 0 Å². The molecule has 1 amide bonds. The van der Waals surface area contributed by atoms with Crippen LogP contribution in [0.15, 0.2) is 88.8 Å². The van der Waals surface area contributed by atoms with Crippen molar-refractivity contribution in [3.8, 4) is 0 Å². The first-order valence-corrected chi connectivity index (χ1v) is 10.8. The first-order chi connectivity index (χ1) is 15.1. The van der Waals surface area contributed by atoms with Crippen molar-refractivity contribution in [1.29, 1.82) is 0 Å². The van der Waals surface area contributed by atoms with Crippen molar-refractivity contribution in [2.24, 2.45) is 15.9 Å². The number of hydrogen-bond acceptors (Lipinski definition) is 3. The molecule has 0 aromatic heterocycles. The third kappa shape index (κ3) is 3.57. The number of nitrogens with zero attached hydrogens (tertiary/aromatic N) is 3. The second-order valence-corrected chi connectivity index (χ2v) is 8.32. The lowest BCUT2D eigenvalue weighted by atomic mass is 9.85. The maximum absolute atomic E-state index is 13.7. The van der Waals surface area contributed by atoms with Gasteiger partial charge in [0.25, 0.3) is 5.91 Å². The van der Waals surface area contributed by atoms with Gasteiger partial charge in [-0.2, -0.15) is 0 Å². The monoisotopic (exact) mass is 427 g/mol. The Labute approximate surface area is 186 Å². The van der Waals surface area contributed by atoms with Gasteiger partial charge in [0.05, 0.1) is 30.8 Å². The summed E-state index contributed by atoms with van der Waals surface area (Å²) in [5.74, 6) is -0.306. The molecular weight excluding hydrogens is 406 g/mol. The number of carbonyl (C=O) groups excluding carboxylic acids is 1. The summed E-state index contributed by atoms with van der Waals surface area (Å²) in [4.78, 5) is 25.2. The normalized spacial score (nSPS) is 20.7. The van der Waals surface area contributed by atoms with E-state index in [-0.39, 0.29) is 17.9 Å². The minimum absolute atomic E-state index is 0.0562. The van der Waals surface area contributed by atoms with Gasteiger partial charge in [0.15, 0.2) is 0 Å². The predicted octanol–water partition coefficient (Wildman–Crippen LogP) is 5.30. The number of carbonyl (C=O) groups is 1. The van der Waals surface area contributed by atoms with Gasteiger partial charge in [-0.05, 0) is 42.3 Å². The number of benzene rings is 3. The Hall–Kier alpha value is -3.24. The summed E-state index contributed by atoms with van der Waals surface area (Å²) >= 11 is 6.18. The van der Waals surface area contributed by atoms with Gasteiger partial charge in [0.2, 0.25) is 0 Å². The summed E-state index contributed by atoms with van der Waals surface area (Å²) in [7, 11) is 0. The molecule has 0 saturated carbocycles. The van der Waals surface area contributed by atoms with Crippen LogP contribution in [0, 0.1) is 12.8 Å². The Morgan fingerprint density at radius 3 is 2.16 bits per heavy atom. The highest BCUT2D eigenvalue weighted by atomic mass is 35.5. The number of aliphatic imine (C=N–C) groups is 2. The topological polar surface area (TPSA) is 45.0 Å². The Balaban J connectivity index is 1.71. The molecule has 5 rings (SSSR count). The highest BCUT2D eigenvalue weighted by Crippen LogP contribution is 2.42. The van der Waals surface area contributed by atoms with Crippen LogP contribution < -0.4 is 4.90 Å². The highest BCUT2D eigenvalue weighted by molar-refractivity contribution is 6.51. The maximum Gasteiger partial charge on any atom is 0.273 e. The molecule has 31 heavy (non-hydrogen) atoms. The van der Waals surface area contributed by atoms with Crippen LogP contribution in [-0.4, -0.2) is 30.4 Å². The second-order valence-electron chi connectivity index (χ2n) is 7.88. The fourth-order valence-corrected chi connectivity index (χ4v) is 4.56. The first-order valence-electron chi connectivity index (χ1n) is 10.4. The maximum atomic E-state index is 13.7. The van der Waals surface area contributed by atoms with Crippen molar-refractivity contribution in [3.63, 3.8) is 0 Å². The largest absolute Gasteiger partial charge is 0.299 e. The lowest BCUT2D eigenvalue weighted by molar-refractivity contribution is -0.112. The molecule has 154 valence electrons. The lowest BCUT2D eigenvalue weighted by Gasteiger charge is -2.29. The molecule has 0 bridgehead atoms. The Morgan fingerprint density at radius 2 is 1.48 bits per heavy atom. The molecule has 5 heteroatoms. The summed E-state index contributed by atoms with van der Waals surface area (Å²) in [6.45, 7) is 3.14. The van der Waals surface area contributed by atoms with Crippen LogP contribution in [0.3, 0.4) is 0 Å². The fraction of sp³-hybridized carbons (Fsp3) is 0.192. The molecule has 3 aromatic rings. The molecule has 4 nitrogen and oxygen atoms in total. The van der Waals surface area contributed by atoms with Gasteiger partial charge in [0.1, 0.15) is 5.71 Å². The average molecular weight is 428 g/mol. The molecule has 1 fully saturated rings. The third-order valence-electron chi connectivity index (χ3n) is 5.88. The number of aryl methyl sites for hydroxylation is 1. The van der Waals surface area contributed by atoms with Crippen LogP contribution in [0.4, 0.5) is 5.69 Å². The molecule has 0 aliphatic carbocycles. The van der Waals surface area contributed by atoms with Crippen LogP contribution in [0.1, 0.15) is 22.7 Å². The quantitative estimate of drug-likeness (QED) is 0.559. The van der Waals surface area contributed by atoms with Gasteiger partial charge in [-0.25, -0.2) is 0 Å². The lowest BCUT2D eigenvalue weighted by Crippen LogP contribution is -2.31. The van der Waals surface area contributed by atoms with Gasteiger partial charge < -0.3 is 0 Å². The van der Waals surface area contributed by atoms with E-state index in [1.165, 1.54) is 0 Å². The summed E-state index contributed by atoms with van der Waals surface area (Å²) < 4.78 is 0. The number of hydrogen-bond donors (Lipinski definition) is 0. The Kier molecular flexibility index (Phi) is 5.16. The number of amides is 1. The number of halogens is 1. The molecule has 2 aliphatic rings. The molecule has 2 unspecified atom stereocenters. The SMILES string of the molecule is Cc1ccc(N2C(=O)C3=NCCN=C(c4ccccc4)C3C2c2ccc(Cl)cc2)cc1. The zero-order chi connectivity index (χ0) is 21.4. The van der Waals surface area contributed by atoms with E-state index in [0.29, 0.717) is 23.8 Å². The number of anilines is 1. The van der Waals surface area contributed by atoms with Crippen molar-refractivity contribution in [1.82, 2.24) is 0 Å². The van der Waals surface area contributed by atoms with Crippen LogP contribution in [0.25, 0.3) is 0 Å². The third-order valence-corrected chi connectivity index (χ3v) is 6.13. The van der Waals surface area contributed by atoms with E-state index in [1.54, 1.807) is 0 Å². The van der Waals surface area contributed by atoms with Crippen molar-refractivity contribution >= 4 is 34.6 Å². The van der Waals surface area contributed by atoms with Crippen LogP contribution in [0.5, 0.6) is 0 Å². The minimum Gasteiger partial charge on any atom is -0.299 e. The molecule has 0 radical (unpaired) electrons. The summed E-state index contributed by atoms with van der Waals surface area (Å²) in [6, 6.07) is 25.7. The summed E-state index contributed by atoms with van der Waals surface area (Å²) in [5, 5.41) is 0.668.